The van der Waals surface area contributed by atoms with Crippen molar-refractivity contribution in [3.8, 4) is 11.1 Å². The van der Waals surface area contributed by atoms with Crippen LogP contribution >= 0.6 is 0 Å². The number of hydrogen-bond donors (Lipinski definition) is 4. The Kier molecular flexibility index (Phi) is 13.5. The molecule has 0 aliphatic carbocycles. The van der Waals surface area contributed by atoms with Crippen molar-refractivity contribution in [2.75, 3.05) is 54.8 Å². The first-order chi connectivity index (χ1) is 29.2. The number of benzene rings is 2. The van der Waals surface area contributed by atoms with E-state index in [0.29, 0.717) is 49.9 Å². The van der Waals surface area contributed by atoms with Crippen LogP contribution in [0.1, 0.15) is 91.8 Å². The fraction of sp³-hybridized carbons (Fsp3) is 0.409. The van der Waals surface area contributed by atoms with Crippen LogP contribution in [-0.4, -0.2) is 109 Å². The van der Waals surface area contributed by atoms with E-state index >= 15 is 0 Å². The number of nitrogens with one attached hydrogen (secondary N) is 3. The van der Waals surface area contributed by atoms with Crippen molar-refractivity contribution >= 4 is 52.5 Å². The minimum atomic E-state index is -0.985. The van der Waals surface area contributed by atoms with Gasteiger partial charge in [-0.1, -0.05) is 62.0 Å². The van der Waals surface area contributed by atoms with E-state index in [2.05, 4.69) is 60.3 Å². The van der Waals surface area contributed by atoms with E-state index < -0.39 is 29.7 Å². The number of piperidine rings is 1. The van der Waals surface area contributed by atoms with Crippen molar-refractivity contribution in [1.29, 1.82) is 0 Å². The Morgan fingerprint density at radius 2 is 1.65 bits per heavy atom. The normalized spacial score (nSPS) is 17.2. The molecule has 4 aromatic rings. The fourth-order valence-corrected chi connectivity index (χ4v) is 8.03. The Labute approximate surface area is 348 Å². The highest BCUT2D eigenvalue weighted by Gasteiger charge is 2.45. The summed E-state index contributed by atoms with van der Waals surface area (Å²) in [4.78, 5) is 73.3. The zero-order valence-corrected chi connectivity index (χ0v) is 33.9. The first kappa shape index (κ1) is 41.6. The molecule has 5 heterocycles. The van der Waals surface area contributed by atoms with E-state index in [1.54, 1.807) is 36.8 Å². The monoisotopic (exact) mass is 816 g/mol. The molecule has 1 atom stereocenters. The van der Waals surface area contributed by atoms with Gasteiger partial charge in [0, 0.05) is 75.2 Å². The molecular weight excluding hydrogens is 765 g/mol. The number of rotatable bonds is 18. The van der Waals surface area contributed by atoms with Crippen LogP contribution < -0.4 is 20.9 Å². The highest BCUT2D eigenvalue weighted by Crippen LogP contribution is 2.33. The molecule has 60 heavy (non-hydrogen) atoms. The number of carbonyl (C=O) groups excluding carboxylic acids is 5. The van der Waals surface area contributed by atoms with E-state index in [-0.39, 0.29) is 29.9 Å². The smallest absolute Gasteiger partial charge is 0.264 e. The molecule has 0 bridgehead atoms. The molecule has 3 aliphatic heterocycles. The van der Waals surface area contributed by atoms with Gasteiger partial charge in [0.1, 0.15) is 12.4 Å². The van der Waals surface area contributed by atoms with Gasteiger partial charge in [-0.05, 0) is 62.1 Å². The lowest BCUT2D eigenvalue weighted by molar-refractivity contribution is -0.136. The topological polar surface area (TPSA) is 194 Å². The average Bonchev–Trinajstić information content (AvgIpc) is 3.86. The number of fused-ring (bicyclic) bond motifs is 2. The summed E-state index contributed by atoms with van der Waals surface area (Å²) in [5.41, 5.74) is 5.82. The van der Waals surface area contributed by atoms with Crippen molar-refractivity contribution in [2.24, 2.45) is 0 Å². The minimum absolute atomic E-state index is 0.0841. The lowest BCUT2D eigenvalue weighted by Crippen LogP contribution is -2.54. The van der Waals surface area contributed by atoms with Gasteiger partial charge in [0.05, 0.1) is 17.4 Å². The van der Waals surface area contributed by atoms with Crippen LogP contribution in [0.15, 0.2) is 79.0 Å². The maximum absolute atomic E-state index is 13.3. The molecule has 2 saturated heterocycles. The molecule has 0 spiro atoms. The summed E-state index contributed by atoms with van der Waals surface area (Å²) in [7, 11) is 0. The lowest BCUT2D eigenvalue weighted by Gasteiger charge is -2.36. The number of amides is 5. The Hall–Kier alpha value is -6.58. The van der Waals surface area contributed by atoms with Gasteiger partial charge in [0.2, 0.25) is 23.7 Å². The van der Waals surface area contributed by atoms with Gasteiger partial charge in [-0.25, -0.2) is 4.98 Å². The number of aliphatic hydroxyl groups is 1. The summed E-state index contributed by atoms with van der Waals surface area (Å²) in [6.07, 6.45) is 15.7. The van der Waals surface area contributed by atoms with E-state index in [1.807, 2.05) is 22.3 Å². The maximum atomic E-state index is 13.3. The van der Waals surface area contributed by atoms with Crippen LogP contribution in [0, 0.1) is 0 Å². The second-order valence-corrected chi connectivity index (χ2v) is 15.5. The number of anilines is 3. The third-order valence-electron chi connectivity index (χ3n) is 11.4. The standard InChI is InChI=1S/C44H52N10O6/c1-30(11-10-26-55)27-46-44-47-28-34(40-50-48-29-53(40)44)31-15-17-32(18-16-31)51-22-24-52(25-23-51)38(57)14-7-5-3-2-4-6-8-21-45-35-13-9-12-33-39(35)43(60)54(42(33)59)36-19-20-37(56)49-41(36)58/h9-13,15-18,26,28-29,36,45,55H,2-8,14,19-25,27H2,1H3,(H,46,47)(H,49,56,58)/b26-10-,30-11+. The highest BCUT2D eigenvalue weighted by atomic mass is 16.2. The number of imide groups is 2. The van der Waals surface area contributed by atoms with Crippen molar-refractivity contribution < 1.29 is 29.1 Å². The lowest BCUT2D eigenvalue weighted by atomic mass is 10.0. The Morgan fingerprint density at radius 1 is 0.900 bits per heavy atom. The fourth-order valence-electron chi connectivity index (χ4n) is 8.03. The third-order valence-corrected chi connectivity index (χ3v) is 11.4. The molecule has 2 aromatic heterocycles. The van der Waals surface area contributed by atoms with Gasteiger partial charge < -0.3 is 25.5 Å². The number of aromatic nitrogens is 4. The van der Waals surface area contributed by atoms with E-state index in [1.165, 1.54) is 0 Å². The van der Waals surface area contributed by atoms with E-state index in [9.17, 15) is 24.0 Å². The van der Waals surface area contributed by atoms with Crippen LogP contribution in [0.2, 0.25) is 0 Å². The summed E-state index contributed by atoms with van der Waals surface area (Å²) in [6.45, 7) is 6.11. The number of piperazine rings is 1. The summed E-state index contributed by atoms with van der Waals surface area (Å²) in [5.74, 6) is -1.19. The number of aliphatic hydroxyl groups excluding tert-OH is 1. The van der Waals surface area contributed by atoms with Crippen LogP contribution in [0.4, 0.5) is 17.3 Å². The van der Waals surface area contributed by atoms with Crippen molar-refractivity contribution in [1.82, 2.24) is 34.7 Å². The predicted molar refractivity (Wildman–Crippen MR) is 228 cm³/mol. The Bertz CT molecular complexity index is 2280. The Morgan fingerprint density at radius 3 is 2.40 bits per heavy atom. The van der Waals surface area contributed by atoms with Crippen LogP contribution in [0.25, 0.3) is 16.8 Å². The summed E-state index contributed by atoms with van der Waals surface area (Å²) in [6, 6.07) is 12.5. The molecule has 0 saturated carbocycles. The molecule has 4 N–H and O–H groups in total. The quantitative estimate of drug-likeness (QED) is 0.0427. The average molecular weight is 817 g/mol. The molecule has 0 radical (unpaired) electrons. The maximum Gasteiger partial charge on any atom is 0.264 e. The zero-order chi connectivity index (χ0) is 42.0. The Balaban J connectivity index is 0.768. The second kappa shape index (κ2) is 19.4. The van der Waals surface area contributed by atoms with Crippen molar-refractivity contribution in [3.63, 3.8) is 0 Å². The van der Waals surface area contributed by atoms with E-state index in [0.717, 1.165) is 91.6 Å². The van der Waals surface area contributed by atoms with Crippen LogP contribution in [0.5, 0.6) is 0 Å². The SMILES string of the molecule is C/C(=C\C=C/O)CNc1ncc(-c2ccc(N3CCN(C(=O)CCCCCCCCCNc4cccc5c4C(=O)N(C4CCC(=O)NC4=O)C5=O)CC3)cc2)c2nncn12. The number of allylic oxidation sites excluding steroid dienone is 2. The van der Waals surface area contributed by atoms with Gasteiger partial charge in [-0.3, -0.25) is 38.6 Å². The molecule has 314 valence electrons. The summed E-state index contributed by atoms with van der Waals surface area (Å²) < 4.78 is 1.83. The molecule has 1 unspecified atom stereocenters. The van der Waals surface area contributed by atoms with Gasteiger partial charge >= 0.3 is 0 Å². The number of nitrogens with zero attached hydrogens (tertiary/aromatic N) is 7. The molecule has 3 aliphatic rings. The van der Waals surface area contributed by atoms with Gasteiger partial charge in [-0.2, -0.15) is 0 Å². The predicted octanol–water partition coefficient (Wildman–Crippen LogP) is 5.50. The zero-order valence-electron chi connectivity index (χ0n) is 33.9. The van der Waals surface area contributed by atoms with Crippen LogP contribution in [-0.2, 0) is 14.4 Å². The molecule has 5 amide bonds. The first-order valence-corrected chi connectivity index (χ1v) is 20.8. The second-order valence-electron chi connectivity index (χ2n) is 15.5. The van der Waals surface area contributed by atoms with Crippen molar-refractivity contribution in [3.05, 3.63) is 90.1 Å². The first-order valence-electron chi connectivity index (χ1n) is 20.8. The minimum Gasteiger partial charge on any atom is -0.516 e. The van der Waals surface area contributed by atoms with Crippen molar-refractivity contribution in [2.45, 2.75) is 77.2 Å². The van der Waals surface area contributed by atoms with Gasteiger partial charge in [0.25, 0.3) is 11.8 Å². The number of hydrogen-bond acceptors (Lipinski definition) is 12. The summed E-state index contributed by atoms with van der Waals surface area (Å²) in [5, 5.41) is 26.2. The van der Waals surface area contributed by atoms with Crippen LogP contribution in [0.3, 0.4) is 0 Å². The van der Waals surface area contributed by atoms with Gasteiger partial charge in [-0.15, -0.1) is 10.2 Å². The number of carbonyl (C=O) groups is 5. The molecule has 7 rings (SSSR count). The molecular formula is C44H52N10O6. The third kappa shape index (κ3) is 9.48. The summed E-state index contributed by atoms with van der Waals surface area (Å²) >= 11 is 0. The number of unbranched alkanes of at least 4 members (excludes halogenated alkanes) is 6. The van der Waals surface area contributed by atoms with E-state index in [4.69, 9.17) is 5.11 Å². The van der Waals surface area contributed by atoms with Gasteiger partial charge in [0.15, 0.2) is 5.65 Å². The molecule has 2 aromatic carbocycles. The highest BCUT2D eigenvalue weighted by molar-refractivity contribution is 6.25. The largest absolute Gasteiger partial charge is 0.516 e. The molecule has 2 fully saturated rings. The molecule has 16 heteroatoms. The molecule has 16 nitrogen and oxygen atoms in total.